The maximum Gasteiger partial charge on any atom is 0.171 e. The van der Waals surface area contributed by atoms with Crippen LogP contribution < -0.4 is 0 Å². The third-order valence-electron chi connectivity index (χ3n) is 5.31. The van der Waals surface area contributed by atoms with E-state index < -0.39 is 5.79 Å². The van der Waals surface area contributed by atoms with Gasteiger partial charge in [-0.1, -0.05) is 40.0 Å². The molecule has 0 spiro atoms. The van der Waals surface area contributed by atoms with E-state index in [2.05, 4.69) is 20.8 Å². The molecule has 0 amide bonds. The summed E-state index contributed by atoms with van der Waals surface area (Å²) in [6.07, 6.45) is 9.52. The lowest BCUT2D eigenvalue weighted by molar-refractivity contribution is -0.314. The summed E-state index contributed by atoms with van der Waals surface area (Å²) in [4.78, 5) is 0. The second-order valence-electron chi connectivity index (χ2n) is 6.68. The Kier molecular flexibility index (Phi) is 3.84. The molecular formula is C15H28O2. The molecule has 2 atom stereocenters. The molecule has 0 radical (unpaired) electrons. The predicted octanol–water partition coefficient (Wildman–Crippen LogP) is 3.87. The number of hydrogen-bond acceptors (Lipinski definition) is 2. The van der Waals surface area contributed by atoms with Crippen molar-refractivity contribution in [3.63, 3.8) is 0 Å². The molecule has 2 saturated carbocycles. The maximum absolute atomic E-state index is 10.9. The van der Waals surface area contributed by atoms with Gasteiger partial charge in [-0.15, -0.1) is 0 Å². The Balaban J connectivity index is 2.05. The topological polar surface area (TPSA) is 29.5 Å². The number of ether oxygens (including phenoxy) is 1. The molecular weight excluding hydrogens is 212 g/mol. The summed E-state index contributed by atoms with van der Waals surface area (Å²) in [5.74, 6) is -0.364. The van der Waals surface area contributed by atoms with Gasteiger partial charge in [-0.05, 0) is 31.6 Å². The van der Waals surface area contributed by atoms with Gasteiger partial charge in [0.1, 0.15) is 0 Å². The Labute approximate surface area is 106 Å². The minimum atomic E-state index is -0.896. The smallest absolute Gasteiger partial charge is 0.171 e. The van der Waals surface area contributed by atoms with E-state index in [1.54, 1.807) is 0 Å². The van der Waals surface area contributed by atoms with Gasteiger partial charge in [0.05, 0.1) is 6.10 Å². The second-order valence-corrected chi connectivity index (χ2v) is 6.68. The van der Waals surface area contributed by atoms with Gasteiger partial charge in [0.25, 0.3) is 0 Å². The number of aliphatic hydroxyl groups is 1. The van der Waals surface area contributed by atoms with E-state index in [0.717, 1.165) is 25.7 Å². The molecule has 2 heteroatoms. The maximum atomic E-state index is 10.9. The Morgan fingerprint density at radius 1 is 1.00 bits per heavy atom. The minimum absolute atomic E-state index is 0.122. The van der Waals surface area contributed by atoms with Crippen LogP contribution in [0.5, 0.6) is 0 Å². The molecule has 2 rings (SSSR count). The highest BCUT2D eigenvalue weighted by atomic mass is 16.6. The highest BCUT2D eigenvalue weighted by Gasteiger charge is 2.51. The summed E-state index contributed by atoms with van der Waals surface area (Å²) in [6, 6.07) is 0. The van der Waals surface area contributed by atoms with Crippen molar-refractivity contribution in [2.45, 2.75) is 84.0 Å². The van der Waals surface area contributed by atoms with Gasteiger partial charge in [-0.2, -0.15) is 0 Å². The van der Waals surface area contributed by atoms with Crippen molar-refractivity contribution in [3.05, 3.63) is 0 Å². The SMILES string of the molecule is CC1CCCC(O)(OC2CCCCC2)C1(C)C. The van der Waals surface area contributed by atoms with E-state index in [1.165, 1.54) is 25.7 Å². The Hall–Kier alpha value is -0.0800. The zero-order chi connectivity index (χ0) is 12.5. The Morgan fingerprint density at radius 2 is 1.65 bits per heavy atom. The molecule has 0 aliphatic heterocycles. The molecule has 2 aliphatic carbocycles. The molecule has 2 fully saturated rings. The Morgan fingerprint density at radius 3 is 2.29 bits per heavy atom. The van der Waals surface area contributed by atoms with Crippen molar-refractivity contribution in [2.75, 3.05) is 0 Å². The summed E-state index contributed by atoms with van der Waals surface area (Å²) in [7, 11) is 0. The molecule has 2 aliphatic rings. The standard InChI is InChI=1S/C15H28O2/c1-12-8-7-11-15(16,14(12,2)3)17-13-9-5-4-6-10-13/h12-13,16H,4-11H2,1-3H3. The van der Waals surface area contributed by atoms with Crippen LogP contribution in [0.25, 0.3) is 0 Å². The first-order valence-corrected chi connectivity index (χ1v) is 7.36. The fraction of sp³-hybridized carbons (Fsp3) is 1.00. The van der Waals surface area contributed by atoms with Gasteiger partial charge in [-0.25, -0.2) is 0 Å². The van der Waals surface area contributed by atoms with Crippen LogP contribution in [0, 0.1) is 11.3 Å². The van der Waals surface area contributed by atoms with Crippen LogP contribution in [0.2, 0.25) is 0 Å². The fourth-order valence-electron chi connectivity index (χ4n) is 3.39. The molecule has 0 heterocycles. The molecule has 0 aromatic rings. The van der Waals surface area contributed by atoms with Gasteiger partial charge in [0.15, 0.2) is 5.79 Å². The zero-order valence-electron chi connectivity index (χ0n) is 11.7. The van der Waals surface area contributed by atoms with Crippen molar-refractivity contribution in [1.82, 2.24) is 0 Å². The van der Waals surface area contributed by atoms with Crippen molar-refractivity contribution in [2.24, 2.45) is 11.3 Å². The highest BCUT2D eigenvalue weighted by Crippen LogP contribution is 2.49. The summed E-state index contributed by atoms with van der Waals surface area (Å²) in [6.45, 7) is 6.58. The first-order chi connectivity index (χ1) is 7.96. The molecule has 2 nitrogen and oxygen atoms in total. The van der Waals surface area contributed by atoms with Gasteiger partial charge in [0.2, 0.25) is 0 Å². The summed E-state index contributed by atoms with van der Waals surface area (Å²) in [5.41, 5.74) is -0.122. The van der Waals surface area contributed by atoms with E-state index in [0.29, 0.717) is 12.0 Å². The van der Waals surface area contributed by atoms with Crippen LogP contribution in [0.3, 0.4) is 0 Å². The van der Waals surface area contributed by atoms with E-state index in [4.69, 9.17) is 4.74 Å². The lowest BCUT2D eigenvalue weighted by Gasteiger charge is -2.51. The van der Waals surface area contributed by atoms with E-state index in [-0.39, 0.29) is 5.41 Å². The normalized spacial score (nSPS) is 39.2. The van der Waals surface area contributed by atoms with Crippen LogP contribution in [0.15, 0.2) is 0 Å². The molecule has 2 unspecified atom stereocenters. The van der Waals surface area contributed by atoms with E-state index in [1.807, 2.05) is 0 Å². The van der Waals surface area contributed by atoms with Crippen LogP contribution in [0.4, 0.5) is 0 Å². The lowest BCUT2D eigenvalue weighted by atomic mass is 9.65. The largest absolute Gasteiger partial charge is 0.365 e. The second kappa shape index (κ2) is 4.89. The van der Waals surface area contributed by atoms with Crippen molar-refractivity contribution in [1.29, 1.82) is 0 Å². The van der Waals surface area contributed by atoms with Crippen LogP contribution >= 0.6 is 0 Å². The molecule has 0 aromatic heterocycles. The summed E-state index contributed by atoms with van der Waals surface area (Å²) in [5, 5.41) is 10.9. The first-order valence-electron chi connectivity index (χ1n) is 7.36. The minimum Gasteiger partial charge on any atom is -0.365 e. The van der Waals surface area contributed by atoms with Gasteiger partial charge < -0.3 is 9.84 Å². The van der Waals surface area contributed by atoms with Crippen molar-refractivity contribution >= 4 is 0 Å². The Bertz CT molecular complexity index is 256. The zero-order valence-corrected chi connectivity index (χ0v) is 11.7. The van der Waals surface area contributed by atoms with E-state index in [9.17, 15) is 5.11 Å². The average molecular weight is 240 g/mol. The number of rotatable bonds is 2. The van der Waals surface area contributed by atoms with Gasteiger partial charge in [0, 0.05) is 11.8 Å². The quantitative estimate of drug-likeness (QED) is 0.742. The first kappa shape index (κ1) is 13.4. The summed E-state index contributed by atoms with van der Waals surface area (Å²) < 4.78 is 6.16. The van der Waals surface area contributed by atoms with E-state index >= 15 is 0 Å². The monoisotopic (exact) mass is 240 g/mol. The van der Waals surface area contributed by atoms with Crippen molar-refractivity contribution in [3.8, 4) is 0 Å². The predicted molar refractivity (Wildman–Crippen MR) is 69.7 cm³/mol. The summed E-state index contributed by atoms with van der Waals surface area (Å²) >= 11 is 0. The molecule has 0 aromatic carbocycles. The number of hydrogen-bond donors (Lipinski definition) is 1. The molecule has 0 bridgehead atoms. The van der Waals surface area contributed by atoms with Crippen LogP contribution in [-0.2, 0) is 4.74 Å². The molecule has 1 N–H and O–H groups in total. The van der Waals surface area contributed by atoms with Gasteiger partial charge >= 0.3 is 0 Å². The van der Waals surface area contributed by atoms with Gasteiger partial charge in [-0.3, -0.25) is 0 Å². The average Bonchev–Trinajstić information content (AvgIpc) is 2.28. The molecule has 100 valence electrons. The highest BCUT2D eigenvalue weighted by molar-refractivity contribution is 4.94. The lowest BCUT2D eigenvalue weighted by Crippen LogP contribution is -2.54. The molecule has 17 heavy (non-hydrogen) atoms. The van der Waals surface area contributed by atoms with Crippen LogP contribution in [0.1, 0.15) is 72.1 Å². The van der Waals surface area contributed by atoms with Crippen LogP contribution in [-0.4, -0.2) is 17.0 Å². The third kappa shape index (κ3) is 2.53. The molecule has 0 saturated heterocycles. The third-order valence-corrected chi connectivity index (χ3v) is 5.31. The van der Waals surface area contributed by atoms with Crippen molar-refractivity contribution < 1.29 is 9.84 Å². The fourth-order valence-corrected chi connectivity index (χ4v) is 3.39.